The van der Waals surface area contributed by atoms with Crippen LogP contribution in [-0.4, -0.2) is 7.05 Å². The van der Waals surface area contributed by atoms with Crippen molar-refractivity contribution in [1.29, 1.82) is 0 Å². The molecule has 2 rings (SSSR count). The molecule has 106 valence electrons. The molecule has 2 aromatic carbocycles. The van der Waals surface area contributed by atoms with Crippen molar-refractivity contribution in [2.75, 3.05) is 7.05 Å². The summed E-state index contributed by atoms with van der Waals surface area (Å²) in [7, 11) is 1.73. The molecule has 1 N–H and O–H groups in total. The van der Waals surface area contributed by atoms with Crippen LogP contribution in [0.25, 0.3) is 0 Å². The van der Waals surface area contributed by atoms with Gasteiger partial charge in [-0.15, -0.1) is 0 Å². The molecule has 0 spiro atoms. The number of rotatable bonds is 4. The number of hydrogen-bond acceptors (Lipinski definition) is 2. The van der Waals surface area contributed by atoms with Crippen LogP contribution in [0.1, 0.15) is 18.5 Å². The smallest absolute Gasteiger partial charge is 0.167 e. The van der Waals surface area contributed by atoms with Gasteiger partial charge >= 0.3 is 0 Å². The first-order valence-corrected chi connectivity index (χ1v) is 6.11. The van der Waals surface area contributed by atoms with Gasteiger partial charge in [0.2, 0.25) is 0 Å². The van der Waals surface area contributed by atoms with E-state index in [1.807, 2.05) is 6.92 Å². The van der Waals surface area contributed by atoms with Gasteiger partial charge in [-0.3, -0.25) is 0 Å². The predicted octanol–water partition coefficient (Wildman–Crippen LogP) is 4.18. The molecule has 1 unspecified atom stereocenters. The molecule has 1 atom stereocenters. The van der Waals surface area contributed by atoms with E-state index in [0.29, 0.717) is 5.56 Å². The lowest BCUT2D eigenvalue weighted by molar-refractivity contribution is 0.420. The minimum absolute atomic E-state index is 0.000332. The minimum atomic E-state index is -1.04. The zero-order valence-corrected chi connectivity index (χ0v) is 11.1. The molecule has 20 heavy (non-hydrogen) atoms. The summed E-state index contributed by atoms with van der Waals surface area (Å²) >= 11 is 0. The second kappa shape index (κ2) is 5.96. The number of benzene rings is 2. The van der Waals surface area contributed by atoms with Crippen LogP contribution in [0.2, 0.25) is 0 Å². The maximum atomic E-state index is 13.9. The van der Waals surface area contributed by atoms with Crippen molar-refractivity contribution in [3.8, 4) is 11.5 Å². The van der Waals surface area contributed by atoms with Crippen LogP contribution >= 0.6 is 0 Å². The van der Waals surface area contributed by atoms with Gasteiger partial charge < -0.3 is 10.1 Å². The van der Waals surface area contributed by atoms with Crippen LogP contribution in [0.15, 0.2) is 36.4 Å². The summed E-state index contributed by atoms with van der Waals surface area (Å²) in [6.07, 6.45) is 0. The van der Waals surface area contributed by atoms with Gasteiger partial charge in [-0.25, -0.2) is 13.2 Å². The summed E-state index contributed by atoms with van der Waals surface area (Å²) in [4.78, 5) is 0. The van der Waals surface area contributed by atoms with Crippen molar-refractivity contribution >= 4 is 0 Å². The zero-order valence-electron chi connectivity index (χ0n) is 11.1. The first-order chi connectivity index (χ1) is 9.52. The lowest BCUT2D eigenvalue weighted by Gasteiger charge is -2.17. The topological polar surface area (TPSA) is 21.3 Å². The van der Waals surface area contributed by atoms with Gasteiger partial charge in [0, 0.05) is 17.7 Å². The first kappa shape index (κ1) is 14.4. The Morgan fingerprint density at radius 3 is 2.40 bits per heavy atom. The molecule has 2 nitrogen and oxygen atoms in total. The van der Waals surface area contributed by atoms with E-state index in [2.05, 4.69) is 5.32 Å². The molecular formula is C15H14F3NO. The predicted molar refractivity (Wildman–Crippen MR) is 70.3 cm³/mol. The number of halogens is 3. The monoisotopic (exact) mass is 281 g/mol. The molecule has 0 aliphatic rings. The van der Waals surface area contributed by atoms with Gasteiger partial charge in [0.15, 0.2) is 23.2 Å². The van der Waals surface area contributed by atoms with Gasteiger partial charge in [0.1, 0.15) is 5.75 Å². The van der Waals surface area contributed by atoms with Crippen LogP contribution in [0.3, 0.4) is 0 Å². The molecule has 0 fully saturated rings. The Balaban J connectivity index is 2.39. The van der Waals surface area contributed by atoms with Crippen LogP contribution in [0.5, 0.6) is 11.5 Å². The Kier molecular flexibility index (Phi) is 4.29. The summed E-state index contributed by atoms with van der Waals surface area (Å²) in [5.41, 5.74) is 0.595. The van der Waals surface area contributed by atoms with Crippen LogP contribution in [0, 0.1) is 17.5 Å². The van der Waals surface area contributed by atoms with E-state index in [1.54, 1.807) is 19.2 Å². The highest BCUT2D eigenvalue weighted by atomic mass is 19.2. The molecule has 0 bridgehead atoms. The summed E-state index contributed by atoms with van der Waals surface area (Å²) in [6, 6.07) is 7.45. The maximum absolute atomic E-state index is 13.9. The molecule has 0 aliphatic carbocycles. The summed E-state index contributed by atoms with van der Waals surface area (Å²) in [6.45, 7) is 1.84. The van der Waals surface area contributed by atoms with E-state index >= 15 is 0 Å². The van der Waals surface area contributed by atoms with Gasteiger partial charge in [0.05, 0.1) is 0 Å². The van der Waals surface area contributed by atoms with Crippen molar-refractivity contribution in [3.63, 3.8) is 0 Å². The van der Waals surface area contributed by atoms with Crippen LogP contribution in [0.4, 0.5) is 13.2 Å². The lowest BCUT2D eigenvalue weighted by atomic mass is 10.1. The van der Waals surface area contributed by atoms with Crippen molar-refractivity contribution in [2.45, 2.75) is 13.0 Å². The van der Waals surface area contributed by atoms with Gasteiger partial charge in [-0.2, -0.15) is 0 Å². The van der Waals surface area contributed by atoms with E-state index in [4.69, 9.17) is 4.74 Å². The summed E-state index contributed by atoms with van der Waals surface area (Å²) < 4.78 is 45.3. The molecule has 0 saturated carbocycles. The van der Waals surface area contributed by atoms with Crippen molar-refractivity contribution in [1.82, 2.24) is 5.32 Å². The van der Waals surface area contributed by atoms with E-state index < -0.39 is 17.5 Å². The van der Waals surface area contributed by atoms with Crippen LogP contribution in [-0.2, 0) is 0 Å². The highest BCUT2D eigenvalue weighted by molar-refractivity contribution is 5.40. The number of para-hydroxylation sites is 1. The third kappa shape index (κ3) is 2.93. The SMILES string of the molecule is CNC(C)c1cccc(F)c1Oc1ccc(F)c(F)c1. The first-order valence-electron chi connectivity index (χ1n) is 6.11. The van der Waals surface area contributed by atoms with Gasteiger partial charge in [-0.1, -0.05) is 12.1 Å². The van der Waals surface area contributed by atoms with Crippen molar-refractivity contribution < 1.29 is 17.9 Å². The zero-order chi connectivity index (χ0) is 14.7. The standard InChI is InChI=1S/C15H14F3NO/c1-9(19-2)11-4-3-5-13(17)15(11)20-10-6-7-12(16)14(18)8-10/h3-9,19H,1-2H3. The third-order valence-corrected chi connectivity index (χ3v) is 3.01. The molecule has 0 amide bonds. The van der Waals surface area contributed by atoms with E-state index in [-0.39, 0.29) is 17.5 Å². The fraction of sp³-hybridized carbons (Fsp3) is 0.200. The largest absolute Gasteiger partial charge is 0.454 e. The van der Waals surface area contributed by atoms with E-state index in [9.17, 15) is 13.2 Å². The number of ether oxygens (including phenoxy) is 1. The average molecular weight is 281 g/mol. The normalized spacial score (nSPS) is 12.2. The van der Waals surface area contributed by atoms with E-state index in [1.165, 1.54) is 12.1 Å². The Morgan fingerprint density at radius 1 is 1.00 bits per heavy atom. The molecule has 2 aromatic rings. The van der Waals surface area contributed by atoms with Crippen LogP contribution < -0.4 is 10.1 Å². The van der Waals surface area contributed by atoms with Crippen molar-refractivity contribution in [3.05, 3.63) is 59.4 Å². The molecule has 0 heterocycles. The molecule has 0 aromatic heterocycles. The highest BCUT2D eigenvalue weighted by Crippen LogP contribution is 2.32. The Morgan fingerprint density at radius 2 is 1.75 bits per heavy atom. The quantitative estimate of drug-likeness (QED) is 0.908. The van der Waals surface area contributed by atoms with Crippen molar-refractivity contribution in [2.24, 2.45) is 0 Å². The average Bonchev–Trinajstić information content (AvgIpc) is 2.44. The van der Waals surface area contributed by atoms with Gasteiger partial charge in [0.25, 0.3) is 0 Å². The Bertz CT molecular complexity index is 616. The Labute approximate surface area is 115 Å². The molecular weight excluding hydrogens is 267 g/mol. The second-order valence-corrected chi connectivity index (χ2v) is 4.35. The fourth-order valence-electron chi connectivity index (χ4n) is 1.79. The Hall–Kier alpha value is -2.01. The minimum Gasteiger partial charge on any atom is -0.454 e. The lowest BCUT2D eigenvalue weighted by Crippen LogP contribution is -2.13. The highest BCUT2D eigenvalue weighted by Gasteiger charge is 2.16. The van der Waals surface area contributed by atoms with Gasteiger partial charge in [-0.05, 0) is 32.2 Å². The number of nitrogens with one attached hydrogen (secondary N) is 1. The third-order valence-electron chi connectivity index (χ3n) is 3.01. The fourth-order valence-corrected chi connectivity index (χ4v) is 1.79. The summed E-state index contributed by atoms with van der Waals surface area (Å²) in [5.74, 6) is -2.54. The van der Waals surface area contributed by atoms with E-state index in [0.717, 1.165) is 12.1 Å². The summed E-state index contributed by atoms with van der Waals surface area (Å²) in [5, 5.41) is 2.97. The molecule has 0 saturated heterocycles. The molecule has 0 radical (unpaired) electrons. The molecule has 5 heteroatoms. The second-order valence-electron chi connectivity index (χ2n) is 4.35. The maximum Gasteiger partial charge on any atom is 0.167 e. The number of hydrogen-bond donors (Lipinski definition) is 1. The molecule has 0 aliphatic heterocycles.